The number of morpholine rings is 1. The maximum atomic E-state index is 12.8. The van der Waals surface area contributed by atoms with Gasteiger partial charge in [0.15, 0.2) is 5.60 Å². The molecule has 0 saturated carbocycles. The number of aromatic nitrogens is 2. The molecule has 1 atom stereocenters. The third-order valence-electron chi connectivity index (χ3n) is 4.32. The second kappa shape index (κ2) is 6.18. The van der Waals surface area contributed by atoms with Crippen molar-refractivity contribution in [2.75, 3.05) is 57.8 Å². The van der Waals surface area contributed by atoms with E-state index in [1.807, 2.05) is 18.9 Å². The van der Waals surface area contributed by atoms with Gasteiger partial charge in [0.1, 0.15) is 0 Å². The Balaban J connectivity index is 1.60. The van der Waals surface area contributed by atoms with E-state index in [-0.39, 0.29) is 5.91 Å². The molecular weight excluding hydrogens is 282 g/mol. The highest BCUT2D eigenvalue weighted by atomic mass is 16.5. The van der Waals surface area contributed by atoms with E-state index in [9.17, 15) is 4.79 Å². The number of nitrogens with zero attached hydrogens (tertiary/aromatic N) is 5. The fraction of sp³-hybridized carbons (Fsp3) is 0.667. The van der Waals surface area contributed by atoms with Crippen molar-refractivity contribution >= 4 is 11.9 Å². The molecule has 1 aromatic heterocycles. The van der Waals surface area contributed by atoms with Gasteiger partial charge < -0.3 is 19.4 Å². The van der Waals surface area contributed by atoms with E-state index in [2.05, 4.69) is 19.8 Å². The first kappa shape index (κ1) is 15.2. The number of carbonyl (C=O) groups excluding carboxylic acids is 1. The Hall–Kier alpha value is -1.73. The lowest BCUT2D eigenvalue weighted by Gasteiger charge is -2.43. The summed E-state index contributed by atoms with van der Waals surface area (Å²) in [6.45, 7) is 6.90. The number of ether oxygens (including phenoxy) is 1. The molecule has 3 heterocycles. The van der Waals surface area contributed by atoms with Gasteiger partial charge in [0.05, 0.1) is 6.61 Å². The third-order valence-corrected chi connectivity index (χ3v) is 4.32. The van der Waals surface area contributed by atoms with Crippen LogP contribution in [0.1, 0.15) is 6.92 Å². The zero-order valence-electron chi connectivity index (χ0n) is 13.2. The summed E-state index contributed by atoms with van der Waals surface area (Å²) in [5.41, 5.74) is -0.724. The monoisotopic (exact) mass is 305 g/mol. The van der Waals surface area contributed by atoms with Gasteiger partial charge in [-0.2, -0.15) is 0 Å². The number of piperazine rings is 1. The highest BCUT2D eigenvalue weighted by molar-refractivity contribution is 5.85. The van der Waals surface area contributed by atoms with Crippen LogP contribution in [-0.4, -0.2) is 84.2 Å². The number of hydrogen-bond donors (Lipinski definition) is 0. The molecule has 2 saturated heterocycles. The summed E-state index contributed by atoms with van der Waals surface area (Å²) < 4.78 is 5.79. The van der Waals surface area contributed by atoms with Crippen molar-refractivity contribution in [1.82, 2.24) is 19.8 Å². The molecule has 1 unspecified atom stereocenters. The van der Waals surface area contributed by atoms with Crippen molar-refractivity contribution in [3.63, 3.8) is 0 Å². The minimum absolute atomic E-state index is 0.0904. The molecule has 0 aromatic carbocycles. The molecule has 2 aliphatic rings. The van der Waals surface area contributed by atoms with Gasteiger partial charge in [-0.1, -0.05) is 0 Å². The molecule has 1 aromatic rings. The van der Waals surface area contributed by atoms with Crippen LogP contribution in [0.15, 0.2) is 18.5 Å². The largest absolute Gasteiger partial charge is 0.363 e. The molecule has 7 heteroatoms. The summed E-state index contributed by atoms with van der Waals surface area (Å²) in [4.78, 5) is 27.5. The fourth-order valence-corrected chi connectivity index (χ4v) is 3.09. The number of amides is 1. The average molecular weight is 305 g/mol. The predicted molar refractivity (Wildman–Crippen MR) is 82.7 cm³/mol. The summed E-state index contributed by atoms with van der Waals surface area (Å²) in [5, 5.41) is 0. The van der Waals surface area contributed by atoms with E-state index < -0.39 is 5.60 Å². The van der Waals surface area contributed by atoms with Crippen LogP contribution in [-0.2, 0) is 9.53 Å². The van der Waals surface area contributed by atoms with E-state index in [0.717, 1.165) is 25.6 Å². The van der Waals surface area contributed by atoms with Gasteiger partial charge in [-0.3, -0.25) is 4.79 Å². The van der Waals surface area contributed by atoms with Crippen LogP contribution in [0.3, 0.4) is 0 Å². The molecule has 3 rings (SSSR count). The average Bonchev–Trinajstić information content (AvgIpc) is 2.55. The molecule has 2 aliphatic heterocycles. The molecule has 2 fully saturated rings. The summed E-state index contributed by atoms with van der Waals surface area (Å²) in [5.74, 6) is 0.821. The number of carbonyl (C=O) groups is 1. The molecule has 1 amide bonds. The van der Waals surface area contributed by atoms with E-state index >= 15 is 0 Å². The Morgan fingerprint density at radius 2 is 1.86 bits per heavy atom. The van der Waals surface area contributed by atoms with Gasteiger partial charge in [-0.15, -0.1) is 0 Å². The Kier molecular flexibility index (Phi) is 4.26. The molecule has 0 N–H and O–H groups in total. The van der Waals surface area contributed by atoms with Gasteiger partial charge in [-0.05, 0) is 20.0 Å². The van der Waals surface area contributed by atoms with Gasteiger partial charge >= 0.3 is 0 Å². The van der Waals surface area contributed by atoms with E-state index in [0.29, 0.717) is 26.2 Å². The smallest absolute Gasteiger partial charge is 0.255 e. The lowest BCUT2D eigenvalue weighted by atomic mass is 10.0. The topological polar surface area (TPSA) is 61.8 Å². The van der Waals surface area contributed by atoms with Crippen LogP contribution in [0, 0.1) is 0 Å². The SMILES string of the molecule is CN1CCOC(C)(C(=O)N2CCN(c3ncccn3)CC2)C1. The first-order valence-electron chi connectivity index (χ1n) is 7.72. The number of anilines is 1. The summed E-state index contributed by atoms with van der Waals surface area (Å²) >= 11 is 0. The molecule has 120 valence electrons. The van der Waals surface area contributed by atoms with Crippen LogP contribution in [0.4, 0.5) is 5.95 Å². The predicted octanol–water partition coefficient (Wildman–Crippen LogP) is -0.154. The zero-order valence-corrected chi connectivity index (χ0v) is 13.2. The minimum Gasteiger partial charge on any atom is -0.363 e. The van der Waals surface area contributed by atoms with Crippen molar-refractivity contribution in [3.8, 4) is 0 Å². The Morgan fingerprint density at radius 1 is 1.18 bits per heavy atom. The van der Waals surface area contributed by atoms with Crippen LogP contribution in [0.2, 0.25) is 0 Å². The van der Waals surface area contributed by atoms with E-state index in [4.69, 9.17) is 4.74 Å². The second-order valence-corrected chi connectivity index (χ2v) is 6.15. The van der Waals surface area contributed by atoms with Crippen LogP contribution >= 0.6 is 0 Å². The summed E-state index contributed by atoms with van der Waals surface area (Å²) in [7, 11) is 2.03. The van der Waals surface area contributed by atoms with Crippen molar-refractivity contribution in [2.24, 2.45) is 0 Å². The molecule has 0 bridgehead atoms. The number of rotatable bonds is 2. The van der Waals surface area contributed by atoms with E-state index in [1.165, 1.54) is 0 Å². The molecule has 0 aliphatic carbocycles. The van der Waals surface area contributed by atoms with Crippen molar-refractivity contribution in [3.05, 3.63) is 18.5 Å². The summed E-state index contributed by atoms with van der Waals surface area (Å²) in [6, 6.07) is 1.81. The number of hydrogen-bond acceptors (Lipinski definition) is 6. The summed E-state index contributed by atoms with van der Waals surface area (Å²) in [6.07, 6.45) is 3.49. The van der Waals surface area contributed by atoms with Crippen molar-refractivity contribution in [2.45, 2.75) is 12.5 Å². The van der Waals surface area contributed by atoms with Crippen LogP contribution in [0.5, 0.6) is 0 Å². The normalized spacial score (nSPS) is 27.0. The van der Waals surface area contributed by atoms with Crippen LogP contribution in [0.25, 0.3) is 0 Å². The molecular formula is C15H23N5O2. The first-order valence-corrected chi connectivity index (χ1v) is 7.72. The number of likely N-dealkylation sites (N-methyl/N-ethyl adjacent to an activating group) is 1. The van der Waals surface area contributed by atoms with Gasteiger partial charge in [0, 0.05) is 51.7 Å². The maximum Gasteiger partial charge on any atom is 0.255 e. The van der Waals surface area contributed by atoms with Gasteiger partial charge in [-0.25, -0.2) is 9.97 Å². The Bertz CT molecular complexity index is 518. The molecule has 22 heavy (non-hydrogen) atoms. The van der Waals surface area contributed by atoms with Crippen molar-refractivity contribution in [1.29, 1.82) is 0 Å². The lowest BCUT2D eigenvalue weighted by molar-refractivity contribution is -0.166. The van der Waals surface area contributed by atoms with Gasteiger partial charge in [0.2, 0.25) is 5.95 Å². The maximum absolute atomic E-state index is 12.8. The minimum atomic E-state index is -0.724. The fourth-order valence-electron chi connectivity index (χ4n) is 3.09. The molecule has 0 spiro atoms. The van der Waals surface area contributed by atoms with Crippen LogP contribution < -0.4 is 4.90 Å². The standard InChI is InChI=1S/C15H23N5O2/c1-15(12-18(2)10-11-22-15)13(21)19-6-8-20(9-7-19)14-16-4-3-5-17-14/h3-5H,6-12H2,1-2H3. The van der Waals surface area contributed by atoms with Crippen molar-refractivity contribution < 1.29 is 9.53 Å². The third kappa shape index (κ3) is 3.05. The highest BCUT2D eigenvalue weighted by Crippen LogP contribution is 2.21. The second-order valence-electron chi connectivity index (χ2n) is 6.15. The Morgan fingerprint density at radius 3 is 2.50 bits per heavy atom. The highest BCUT2D eigenvalue weighted by Gasteiger charge is 2.41. The lowest BCUT2D eigenvalue weighted by Crippen LogP contribution is -2.61. The molecule has 7 nitrogen and oxygen atoms in total. The first-order chi connectivity index (χ1) is 10.6. The van der Waals surface area contributed by atoms with Gasteiger partial charge in [0.25, 0.3) is 5.91 Å². The zero-order chi connectivity index (χ0) is 15.6. The molecule has 0 radical (unpaired) electrons. The Labute approximate surface area is 130 Å². The quantitative estimate of drug-likeness (QED) is 0.757. The van der Waals surface area contributed by atoms with E-state index in [1.54, 1.807) is 18.5 Å².